The van der Waals surface area contributed by atoms with Crippen LogP contribution in [0.25, 0.3) is 0 Å². The second-order valence-electron chi connectivity index (χ2n) is 3.52. The van der Waals surface area contributed by atoms with Crippen molar-refractivity contribution >= 4 is 5.78 Å². The van der Waals surface area contributed by atoms with E-state index < -0.39 is 0 Å². The van der Waals surface area contributed by atoms with Gasteiger partial charge in [0.05, 0.1) is 12.3 Å². The van der Waals surface area contributed by atoms with Gasteiger partial charge in [0.1, 0.15) is 5.76 Å². The molecule has 0 bridgehead atoms. The van der Waals surface area contributed by atoms with Crippen LogP contribution in [0.2, 0.25) is 0 Å². The number of carbonyl (C=O) groups excluding carboxylic acids is 1. The molecule has 0 saturated carbocycles. The van der Waals surface area contributed by atoms with Crippen molar-refractivity contribution in [1.82, 2.24) is 5.32 Å². The summed E-state index contributed by atoms with van der Waals surface area (Å²) in [5.41, 5.74) is 1.01. The molecular weight excluding hydrogens is 178 g/mol. The first kappa shape index (κ1) is 9.06. The molecule has 1 atom stereocenters. The smallest absolute Gasteiger partial charge is 0.157 e. The largest absolute Gasteiger partial charge is 0.467 e. The van der Waals surface area contributed by atoms with Gasteiger partial charge in [0.2, 0.25) is 0 Å². The molecule has 74 valence electrons. The van der Waals surface area contributed by atoms with Crippen LogP contribution in [-0.2, 0) is 4.79 Å². The van der Waals surface area contributed by atoms with Crippen molar-refractivity contribution in [2.75, 3.05) is 0 Å². The zero-order valence-corrected chi connectivity index (χ0v) is 8.12. The third-order valence-electron chi connectivity index (χ3n) is 2.35. The molecule has 0 radical (unpaired) electrons. The van der Waals surface area contributed by atoms with Gasteiger partial charge >= 0.3 is 0 Å². The normalized spacial score (nSPS) is 18.1. The summed E-state index contributed by atoms with van der Waals surface area (Å²) < 4.78 is 5.26. The van der Waals surface area contributed by atoms with Crippen molar-refractivity contribution in [2.45, 2.75) is 25.8 Å². The summed E-state index contributed by atoms with van der Waals surface area (Å²) >= 11 is 0. The number of ketones is 1. The van der Waals surface area contributed by atoms with Crippen molar-refractivity contribution in [3.8, 4) is 0 Å². The van der Waals surface area contributed by atoms with E-state index in [9.17, 15) is 4.79 Å². The van der Waals surface area contributed by atoms with Gasteiger partial charge in [-0.15, -0.1) is 0 Å². The van der Waals surface area contributed by atoms with Gasteiger partial charge < -0.3 is 9.73 Å². The van der Waals surface area contributed by atoms with E-state index in [0.29, 0.717) is 6.42 Å². The maximum Gasteiger partial charge on any atom is 0.157 e. The highest BCUT2D eigenvalue weighted by Crippen LogP contribution is 2.18. The summed E-state index contributed by atoms with van der Waals surface area (Å²) in [6.45, 7) is 2.02. The van der Waals surface area contributed by atoms with Gasteiger partial charge in [-0.3, -0.25) is 4.79 Å². The Morgan fingerprint density at radius 1 is 1.50 bits per heavy atom. The van der Waals surface area contributed by atoms with Crippen LogP contribution in [0.5, 0.6) is 0 Å². The Morgan fingerprint density at radius 2 is 2.36 bits per heavy atom. The summed E-state index contributed by atoms with van der Waals surface area (Å²) in [4.78, 5) is 11.0. The third kappa shape index (κ3) is 1.87. The molecule has 1 aromatic rings. The van der Waals surface area contributed by atoms with Gasteiger partial charge in [0.25, 0.3) is 0 Å². The van der Waals surface area contributed by atoms with E-state index in [2.05, 4.69) is 5.32 Å². The number of nitrogens with one attached hydrogen (secondary N) is 1. The zero-order valence-electron chi connectivity index (χ0n) is 8.12. The lowest BCUT2D eigenvalue weighted by Crippen LogP contribution is -2.16. The van der Waals surface area contributed by atoms with Crippen LogP contribution in [0.4, 0.5) is 0 Å². The standard InChI is InChI=1S/C11H13NO2/c1-8(11-3-2-6-14-11)12-9-4-5-10(13)7-9/h2-3,6-8,12H,4-5H2,1H3. The first-order chi connectivity index (χ1) is 6.75. The van der Waals surface area contributed by atoms with Crippen LogP contribution < -0.4 is 5.32 Å². The van der Waals surface area contributed by atoms with Gasteiger partial charge in [0.15, 0.2) is 5.78 Å². The lowest BCUT2D eigenvalue weighted by molar-refractivity contribution is -0.114. The van der Waals surface area contributed by atoms with Crippen LogP contribution in [0.3, 0.4) is 0 Å². The van der Waals surface area contributed by atoms with E-state index in [1.807, 2.05) is 19.1 Å². The van der Waals surface area contributed by atoms with Gasteiger partial charge in [0, 0.05) is 18.2 Å². The lowest BCUT2D eigenvalue weighted by atomic mass is 10.2. The maximum absolute atomic E-state index is 11.0. The maximum atomic E-state index is 11.0. The Labute approximate surface area is 82.8 Å². The van der Waals surface area contributed by atoms with Crippen molar-refractivity contribution in [3.63, 3.8) is 0 Å². The first-order valence-electron chi connectivity index (χ1n) is 4.79. The third-order valence-corrected chi connectivity index (χ3v) is 2.35. The Kier molecular flexibility index (Phi) is 2.39. The second-order valence-corrected chi connectivity index (χ2v) is 3.52. The summed E-state index contributed by atoms with van der Waals surface area (Å²) in [5.74, 6) is 1.10. The van der Waals surface area contributed by atoms with Crippen LogP contribution in [-0.4, -0.2) is 5.78 Å². The van der Waals surface area contributed by atoms with Crippen molar-refractivity contribution in [3.05, 3.63) is 35.9 Å². The summed E-state index contributed by atoms with van der Waals surface area (Å²) in [6, 6.07) is 3.92. The topological polar surface area (TPSA) is 42.2 Å². The van der Waals surface area contributed by atoms with Gasteiger partial charge in [-0.1, -0.05) is 0 Å². The average Bonchev–Trinajstić information content (AvgIpc) is 2.75. The molecule has 1 heterocycles. The van der Waals surface area contributed by atoms with Crippen molar-refractivity contribution in [2.24, 2.45) is 0 Å². The minimum Gasteiger partial charge on any atom is -0.467 e. The van der Waals surface area contributed by atoms with E-state index in [1.165, 1.54) is 0 Å². The molecule has 1 N–H and O–H groups in total. The summed E-state index contributed by atoms with van der Waals surface area (Å²) in [5, 5.41) is 3.26. The molecule has 3 heteroatoms. The van der Waals surface area contributed by atoms with Gasteiger partial charge in [-0.25, -0.2) is 0 Å². The van der Waals surface area contributed by atoms with Crippen LogP contribution >= 0.6 is 0 Å². The highest BCUT2D eigenvalue weighted by Gasteiger charge is 2.15. The fourth-order valence-corrected chi connectivity index (χ4v) is 1.60. The monoisotopic (exact) mass is 191 g/mol. The number of carbonyl (C=O) groups is 1. The number of hydrogen-bond donors (Lipinski definition) is 1. The Balaban J connectivity index is 1.98. The van der Waals surface area contributed by atoms with E-state index in [0.717, 1.165) is 17.9 Å². The van der Waals surface area contributed by atoms with E-state index in [4.69, 9.17) is 4.42 Å². The molecule has 3 nitrogen and oxygen atoms in total. The van der Waals surface area contributed by atoms with Crippen LogP contribution in [0.1, 0.15) is 31.6 Å². The van der Waals surface area contributed by atoms with E-state index in [1.54, 1.807) is 12.3 Å². The van der Waals surface area contributed by atoms with Crippen molar-refractivity contribution in [1.29, 1.82) is 0 Å². The molecular formula is C11H13NO2. The minimum atomic E-state index is 0.127. The predicted molar refractivity (Wildman–Crippen MR) is 52.6 cm³/mol. The molecule has 0 saturated heterocycles. The summed E-state index contributed by atoms with van der Waals surface area (Å²) in [6.07, 6.45) is 4.79. The molecule has 0 amide bonds. The van der Waals surface area contributed by atoms with E-state index in [-0.39, 0.29) is 11.8 Å². The Morgan fingerprint density at radius 3 is 2.93 bits per heavy atom. The molecule has 1 unspecified atom stereocenters. The number of rotatable bonds is 3. The molecule has 0 aliphatic heterocycles. The number of furan rings is 1. The highest BCUT2D eigenvalue weighted by atomic mass is 16.3. The molecule has 1 aliphatic rings. The molecule has 2 rings (SSSR count). The molecule has 0 spiro atoms. The molecule has 1 aliphatic carbocycles. The Hall–Kier alpha value is -1.51. The zero-order chi connectivity index (χ0) is 9.97. The van der Waals surface area contributed by atoms with Gasteiger partial charge in [-0.2, -0.15) is 0 Å². The molecule has 1 aromatic heterocycles. The number of hydrogen-bond acceptors (Lipinski definition) is 3. The van der Waals surface area contributed by atoms with Gasteiger partial charge in [-0.05, 0) is 25.5 Å². The lowest BCUT2D eigenvalue weighted by Gasteiger charge is -2.12. The van der Waals surface area contributed by atoms with Crippen molar-refractivity contribution < 1.29 is 9.21 Å². The second kappa shape index (κ2) is 3.70. The fraction of sp³-hybridized carbons (Fsp3) is 0.364. The van der Waals surface area contributed by atoms with Crippen LogP contribution in [0, 0.1) is 0 Å². The molecule has 14 heavy (non-hydrogen) atoms. The van der Waals surface area contributed by atoms with Crippen LogP contribution in [0.15, 0.2) is 34.6 Å². The molecule has 0 aromatic carbocycles. The summed E-state index contributed by atoms with van der Waals surface area (Å²) in [7, 11) is 0. The SMILES string of the molecule is CC(NC1=CC(=O)CC1)c1ccco1. The highest BCUT2D eigenvalue weighted by molar-refractivity contribution is 5.92. The average molecular weight is 191 g/mol. The minimum absolute atomic E-state index is 0.127. The Bertz CT molecular complexity index is 351. The predicted octanol–water partition coefficient (Wildman–Crippen LogP) is 2.18. The number of allylic oxidation sites excluding steroid dienone is 2. The fourth-order valence-electron chi connectivity index (χ4n) is 1.60. The quantitative estimate of drug-likeness (QED) is 0.796. The molecule has 0 fully saturated rings. The van der Waals surface area contributed by atoms with E-state index >= 15 is 0 Å². The first-order valence-corrected chi connectivity index (χ1v) is 4.79.